The van der Waals surface area contributed by atoms with Crippen LogP contribution >= 0.6 is 11.6 Å². The summed E-state index contributed by atoms with van der Waals surface area (Å²) >= 11 is 6.21. The van der Waals surface area contributed by atoms with Gasteiger partial charge in [-0.25, -0.2) is 0 Å². The lowest BCUT2D eigenvalue weighted by Crippen LogP contribution is -2.31. The van der Waals surface area contributed by atoms with Crippen LogP contribution in [0.2, 0.25) is 5.02 Å². The van der Waals surface area contributed by atoms with Crippen LogP contribution in [0.25, 0.3) is 0 Å². The fraction of sp³-hybridized carbons (Fsp3) is 0.571. The number of hydrogen-bond acceptors (Lipinski definition) is 3. The number of hydrogen-bond donors (Lipinski definition) is 2. The van der Waals surface area contributed by atoms with Gasteiger partial charge in [-0.1, -0.05) is 17.7 Å². The highest BCUT2D eigenvalue weighted by Gasteiger charge is 2.29. The average Bonchev–Trinajstić information content (AvgIpc) is 2.67. The largest absolute Gasteiger partial charge is 0.497 e. The zero-order valence-electron chi connectivity index (χ0n) is 11.2. The Hall–Kier alpha value is -0.770. The van der Waals surface area contributed by atoms with Gasteiger partial charge in [-0.05, 0) is 38.0 Å². The molecule has 0 spiro atoms. The van der Waals surface area contributed by atoms with Crippen LogP contribution in [0.15, 0.2) is 18.2 Å². The third kappa shape index (κ3) is 3.37. The summed E-state index contributed by atoms with van der Waals surface area (Å²) in [6.07, 6.45) is 1.14. The van der Waals surface area contributed by atoms with Gasteiger partial charge in [0, 0.05) is 29.7 Å². The summed E-state index contributed by atoms with van der Waals surface area (Å²) in [6, 6.07) is 6.33. The van der Waals surface area contributed by atoms with E-state index < -0.39 is 0 Å². The topological polar surface area (TPSA) is 33.3 Å². The van der Waals surface area contributed by atoms with Crippen LogP contribution in [-0.2, 0) is 6.54 Å². The van der Waals surface area contributed by atoms with Crippen molar-refractivity contribution in [3.8, 4) is 5.75 Å². The minimum absolute atomic E-state index is 0.237. The molecule has 0 bridgehead atoms. The van der Waals surface area contributed by atoms with Crippen molar-refractivity contribution >= 4 is 11.6 Å². The molecule has 1 aromatic carbocycles. The van der Waals surface area contributed by atoms with Crippen molar-refractivity contribution in [2.24, 2.45) is 0 Å². The lowest BCUT2D eigenvalue weighted by atomic mass is 10.0. The molecular weight excluding hydrogens is 248 g/mol. The Morgan fingerprint density at radius 2 is 2.28 bits per heavy atom. The van der Waals surface area contributed by atoms with Crippen LogP contribution in [0.3, 0.4) is 0 Å². The third-order valence-corrected chi connectivity index (χ3v) is 3.78. The fourth-order valence-corrected chi connectivity index (χ4v) is 2.59. The van der Waals surface area contributed by atoms with Gasteiger partial charge >= 0.3 is 0 Å². The van der Waals surface area contributed by atoms with Crippen molar-refractivity contribution in [2.45, 2.75) is 38.4 Å². The van der Waals surface area contributed by atoms with Gasteiger partial charge in [0.25, 0.3) is 0 Å². The van der Waals surface area contributed by atoms with Crippen LogP contribution in [0, 0.1) is 0 Å². The summed E-state index contributed by atoms with van der Waals surface area (Å²) in [6.45, 7) is 6.27. The predicted molar refractivity (Wildman–Crippen MR) is 75.3 cm³/mol. The van der Waals surface area contributed by atoms with Crippen molar-refractivity contribution in [1.82, 2.24) is 10.6 Å². The highest BCUT2D eigenvalue weighted by molar-refractivity contribution is 6.31. The van der Waals surface area contributed by atoms with Crippen molar-refractivity contribution in [2.75, 3.05) is 13.7 Å². The quantitative estimate of drug-likeness (QED) is 0.881. The van der Waals surface area contributed by atoms with E-state index in [1.165, 1.54) is 0 Å². The SMILES string of the molecule is COc1ccc(CNC2CNC(C)(C)C2)c(Cl)c1. The molecule has 1 aliphatic heterocycles. The molecule has 4 heteroatoms. The van der Waals surface area contributed by atoms with Crippen LogP contribution in [0.4, 0.5) is 0 Å². The molecule has 0 radical (unpaired) electrons. The first kappa shape index (κ1) is 13.7. The molecule has 18 heavy (non-hydrogen) atoms. The van der Waals surface area contributed by atoms with Crippen LogP contribution in [-0.4, -0.2) is 25.2 Å². The van der Waals surface area contributed by atoms with Crippen LogP contribution in [0.1, 0.15) is 25.8 Å². The normalized spacial score (nSPS) is 22.1. The lowest BCUT2D eigenvalue weighted by Gasteiger charge is -2.17. The van der Waals surface area contributed by atoms with Gasteiger partial charge in [0.1, 0.15) is 5.75 Å². The Labute approximate surface area is 114 Å². The molecule has 2 N–H and O–H groups in total. The Kier molecular flexibility index (Phi) is 4.15. The van der Waals surface area contributed by atoms with E-state index in [0.29, 0.717) is 6.04 Å². The average molecular weight is 269 g/mol. The minimum Gasteiger partial charge on any atom is -0.497 e. The maximum Gasteiger partial charge on any atom is 0.120 e. The summed E-state index contributed by atoms with van der Waals surface area (Å²) in [4.78, 5) is 0. The van der Waals surface area contributed by atoms with E-state index in [1.54, 1.807) is 7.11 Å². The molecule has 1 heterocycles. The molecule has 1 saturated heterocycles. The summed E-state index contributed by atoms with van der Waals surface area (Å²) in [5.74, 6) is 0.799. The monoisotopic (exact) mass is 268 g/mol. The first-order valence-corrected chi connectivity index (χ1v) is 6.69. The number of rotatable bonds is 4. The molecule has 0 amide bonds. The highest BCUT2D eigenvalue weighted by Crippen LogP contribution is 2.23. The smallest absolute Gasteiger partial charge is 0.120 e. The fourth-order valence-electron chi connectivity index (χ4n) is 2.36. The van der Waals surface area contributed by atoms with Crippen LogP contribution < -0.4 is 15.4 Å². The number of nitrogens with one attached hydrogen (secondary N) is 2. The predicted octanol–water partition coefficient (Wildman–Crippen LogP) is 2.58. The van der Waals surface area contributed by atoms with E-state index in [0.717, 1.165) is 35.8 Å². The standard InChI is InChI=1S/C14H21ClN2O/c1-14(2)7-11(9-17-14)16-8-10-4-5-12(18-3)6-13(10)15/h4-6,11,16-17H,7-9H2,1-3H3. The molecule has 1 unspecified atom stereocenters. The van der Waals surface area contributed by atoms with E-state index in [9.17, 15) is 0 Å². The van der Waals surface area contributed by atoms with Gasteiger partial charge in [-0.15, -0.1) is 0 Å². The number of benzene rings is 1. The first-order chi connectivity index (χ1) is 8.50. The molecule has 0 aliphatic carbocycles. The Morgan fingerprint density at radius 3 is 2.83 bits per heavy atom. The molecule has 0 aromatic heterocycles. The zero-order chi connectivity index (χ0) is 13.2. The second-order valence-corrected chi connectivity index (χ2v) is 5.91. The van der Waals surface area contributed by atoms with E-state index in [4.69, 9.17) is 16.3 Å². The molecule has 1 aliphatic rings. The van der Waals surface area contributed by atoms with Crippen molar-refractivity contribution < 1.29 is 4.74 Å². The van der Waals surface area contributed by atoms with Crippen molar-refractivity contribution in [3.05, 3.63) is 28.8 Å². The maximum atomic E-state index is 6.21. The van der Waals surface area contributed by atoms with Gasteiger partial charge < -0.3 is 15.4 Å². The molecule has 1 fully saturated rings. The molecule has 1 atom stereocenters. The van der Waals surface area contributed by atoms with Crippen molar-refractivity contribution in [3.63, 3.8) is 0 Å². The van der Waals surface area contributed by atoms with Gasteiger partial charge in [-0.2, -0.15) is 0 Å². The van der Waals surface area contributed by atoms with Gasteiger partial charge in [-0.3, -0.25) is 0 Å². The molecule has 100 valence electrons. The van der Waals surface area contributed by atoms with E-state index in [2.05, 4.69) is 24.5 Å². The second kappa shape index (κ2) is 5.47. The Balaban J connectivity index is 1.91. The van der Waals surface area contributed by atoms with Gasteiger partial charge in [0.05, 0.1) is 7.11 Å². The molecule has 0 saturated carbocycles. The summed E-state index contributed by atoms with van der Waals surface area (Å²) in [7, 11) is 1.65. The third-order valence-electron chi connectivity index (χ3n) is 3.43. The maximum absolute atomic E-state index is 6.21. The number of methoxy groups -OCH3 is 1. The Bertz CT molecular complexity index is 420. The molecular formula is C14H21ClN2O. The second-order valence-electron chi connectivity index (χ2n) is 5.50. The van der Waals surface area contributed by atoms with E-state index in [-0.39, 0.29) is 5.54 Å². The summed E-state index contributed by atoms with van der Waals surface area (Å²) < 4.78 is 5.14. The van der Waals surface area contributed by atoms with Gasteiger partial charge in [0.2, 0.25) is 0 Å². The summed E-state index contributed by atoms with van der Waals surface area (Å²) in [5.41, 5.74) is 1.35. The van der Waals surface area contributed by atoms with E-state index >= 15 is 0 Å². The van der Waals surface area contributed by atoms with Gasteiger partial charge in [0.15, 0.2) is 0 Å². The van der Waals surface area contributed by atoms with Crippen molar-refractivity contribution in [1.29, 1.82) is 0 Å². The number of halogens is 1. The molecule has 3 nitrogen and oxygen atoms in total. The number of ether oxygens (including phenoxy) is 1. The van der Waals surface area contributed by atoms with E-state index in [1.807, 2.05) is 18.2 Å². The molecule has 2 rings (SSSR count). The molecule has 1 aromatic rings. The Morgan fingerprint density at radius 1 is 1.50 bits per heavy atom. The zero-order valence-corrected chi connectivity index (χ0v) is 12.0. The highest BCUT2D eigenvalue weighted by atomic mass is 35.5. The lowest BCUT2D eigenvalue weighted by molar-refractivity contribution is 0.414. The first-order valence-electron chi connectivity index (χ1n) is 6.31. The minimum atomic E-state index is 0.237. The van der Waals surface area contributed by atoms with Crippen LogP contribution in [0.5, 0.6) is 5.75 Å². The summed E-state index contributed by atoms with van der Waals surface area (Å²) in [5, 5.41) is 7.80.